The van der Waals surface area contributed by atoms with E-state index in [1.165, 1.54) is 41.1 Å². The molecular formula is C17H17F3N2O2. The molecule has 2 rings (SSSR count). The Labute approximate surface area is 136 Å². The minimum atomic E-state index is -4.44. The number of carbonyl (C=O) groups excluding carboxylic acids is 1. The molecule has 1 aromatic carbocycles. The molecule has 24 heavy (non-hydrogen) atoms. The van der Waals surface area contributed by atoms with E-state index in [-0.39, 0.29) is 23.1 Å². The first-order chi connectivity index (χ1) is 11.2. The molecule has 2 aromatic rings. The van der Waals surface area contributed by atoms with Crippen LogP contribution in [0.25, 0.3) is 0 Å². The van der Waals surface area contributed by atoms with E-state index < -0.39 is 23.7 Å². The van der Waals surface area contributed by atoms with Crippen molar-refractivity contribution in [1.29, 1.82) is 0 Å². The maximum Gasteiger partial charge on any atom is 0.416 e. The smallest absolute Gasteiger partial charge is 0.349 e. The summed E-state index contributed by atoms with van der Waals surface area (Å²) in [5.74, 6) is -0.496. The van der Waals surface area contributed by atoms with Crippen LogP contribution in [0.1, 0.15) is 28.4 Å². The topological polar surface area (TPSA) is 51.1 Å². The lowest BCUT2D eigenvalue weighted by atomic mass is 10.0. The zero-order valence-corrected chi connectivity index (χ0v) is 13.2. The zero-order valence-electron chi connectivity index (χ0n) is 13.2. The summed E-state index contributed by atoms with van der Waals surface area (Å²) in [4.78, 5) is 23.6. The third kappa shape index (κ3) is 4.24. The quantitative estimate of drug-likeness (QED) is 0.932. The van der Waals surface area contributed by atoms with Crippen LogP contribution < -0.4 is 10.9 Å². The van der Waals surface area contributed by atoms with E-state index in [9.17, 15) is 22.8 Å². The second-order valence-electron chi connectivity index (χ2n) is 5.60. The standard InChI is InChI=1S/C17H17F3N2O2/c1-11(9-12-5-3-4-6-14(12)17(18,19)20)21-16(24)13-7-8-22(2)15(23)10-13/h3-8,10-11H,9H2,1-2H3,(H,21,24)/t11-/m1/s1. The third-order valence-corrected chi connectivity index (χ3v) is 3.59. The van der Waals surface area contributed by atoms with E-state index in [0.717, 1.165) is 6.07 Å². The molecule has 1 heterocycles. The number of rotatable bonds is 4. The Hall–Kier alpha value is -2.57. The highest BCUT2D eigenvalue weighted by Crippen LogP contribution is 2.32. The molecular weight excluding hydrogens is 321 g/mol. The van der Waals surface area contributed by atoms with Crippen molar-refractivity contribution in [2.45, 2.75) is 25.6 Å². The monoisotopic (exact) mass is 338 g/mol. The fourth-order valence-electron chi connectivity index (χ4n) is 2.35. The van der Waals surface area contributed by atoms with Gasteiger partial charge in [-0.2, -0.15) is 13.2 Å². The molecule has 1 N–H and O–H groups in total. The molecule has 0 saturated heterocycles. The summed E-state index contributed by atoms with van der Waals surface area (Å²) in [6.45, 7) is 1.62. The lowest BCUT2D eigenvalue weighted by molar-refractivity contribution is -0.138. The average molecular weight is 338 g/mol. The van der Waals surface area contributed by atoms with Gasteiger partial charge in [0, 0.05) is 30.9 Å². The maximum atomic E-state index is 13.0. The van der Waals surface area contributed by atoms with Gasteiger partial charge in [0.2, 0.25) is 0 Å². The number of carbonyl (C=O) groups is 1. The van der Waals surface area contributed by atoms with Crippen LogP contribution in [0.3, 0.4) is 0 Å². The lowest BCUT2D eigenvalue weighted by Crippen LogP contribution is -2.35. The Balaban J connectivity index is 2.11. The molecule has 1 atom stereocenters. The molecule has 0 fully saturated rings. The summed E-state index contributed by atoms with van der Waals surface area (Å²) < 4.78 is 40.3. The van der Waals surface area contributed by atoms with Crippen LogP contribution in [0, 0.1) is 0 Å². The van der Waals surface area contributed by atoms with Crippen molar-refractivity contribution in [3.05, 3.63) is 69.6 Å². The van der Waals surface area contributed by atoms with Gasteiger partial charge in [0.25, 0.3) is 11.5 Å². The van der Waals surface area contributed by atoms with E-state index in [4.69, 9.17) is 0 Å². The number of halogens is 3. The van der Waals surface area contributed by atoms with Gasteiger partial charge in [-0.25, -0.2) is 0 Å². The van der Waals surface area contributed by atoms with Gasteiger partial charge >= 0.3 is 6.18 Å². The molecule has 0 aliphatic rings. The average Bonchev–Trinajstić information content (AvgIpc) is 2.49. The first kappa shape index (κ1) is 17.8. The molecule has 128 valence electrons. The Morgan fingerprint density at radius 2 is 1.92 bits per heavy atom. The van der Waals surface area contributed by atoms with E-state index in [1.807, 2.05) is 0 Å². The van der Waals surface area contributed by atoms with Gasteiger partial charge in [0.15, 0.2) is 0 Å². The largest absolute Gasteiger partial charge is 0.416 e. The molecule has 0 saturated carbocycles. The summed E-state index contributed by atoms with van der Waals surface area (Å²) in [5, 5.41) is 2.62. The van der Waals surface area contributed by atoms with Crippen LogP contribution in [0.15, 0.2) is 47.4 Å². The number of hydrogen-bond donors (Lipinski definition) is 1. The summed E-state index contributed by atoms with van der Waals surface area (Å²) in [5.41, 5.74) is -0.756. The molecule has 0 aliphatic carbocycles. The maximum absolute atomic E-state index is 13.0. The lowest BCUT2D eigenvalue weighted by Gasteiger charge is -2.17. The Kier molecular flexibility index (Phi) is 5.11. The van der Waals surface area contributed by atoms with Crippen LogP contribution in [-0.4, -0.2) is 16.5 Å². The van der Waals surface area contributed by atoms with Crippen molar-refractivity contribution >= 4 is 5.91 Å². The Bertz CT molecular complexity index is 797. The molecule has 0 radical (unpaired) electrons. The van der Waals surface area contributed by atoms with Crippen LogP contribution in [0.2, 0.25) is 0 Å². The molecule has 0 unspecified atom stereocenters. The highest BCUT2D eigenvalue weighted by atomic mass is 19.4. The van der Waals surface area contributed by atoms with Crippen LogP contribution in [0.5, 0.6) is 0 Å². The molecule has 1 amide bonds. The van der Waals surface area contributed by atoms with Crippen molar-refractivity contribution in [2.24, 2.45) is 7.05 Å². The van der Waals surface area contributed by atoms with E-state index in [1.54, 1.807) is 14.0 Å². The van der Waals surface area contributed by atoms with Gasteiger partial charge in [-0.05, 0) is 31.0 Å². The van der Waals surface area contributed by atoms with Crippen molar-refractivity contribution in [3.63, 3.8) is 0 Å². The number of pyridine rings is 1. The number of aromatic nitrogens is 1. The van der Waals surface area contributed by atoms with Gasteiger partial charge < -0.3 is 9.88 Å². The minimum Gasteiger partial charge on any atom is -0.349 e. The molecule has 4 nitrogen and oxygen atoms in total. The SMILES string of the molecule is C[C@H](Cc1ccccc1C(F)(F)F)NC(=O)c1ccn(C)c(=O)c1. The van der Waals surface area contributed by atoms with Gasteiger partial charge in [-0.15, -0.1) is 0 Å². The molecule has 0 bridgehead atoms. The van der Waals surface area contributed by atoms with Gasteiger partial charge in [-0.1, -0.05) is 18.2 Å². The Morgan fingerprint density at radius 3 is 2.54 bits per heavy atom. The highest BCUT2D eigenvalue weighted by Gasteiger charge is 2.33. The zero-order chi connectivity index (χ0) is 17.9. The second-order valence-corrected chi connectivity index (χ2v) is 5.60. The highest BCUT2D eigenvalue weighted by molar-refractivity contribution is 5.94. The number of nitrogens with one attached hydrogen (secondary N) is 1. The first-order valence-corrected chi connectivity index (χ1v) is 7.31. The van der Waals surface area contributed by atoms with Gasteiger partial charge in [-0.3, -0.25) is 9.59 Å². The predicted octanol–water partition coefficient (Wildman–Crippen LogP) is 2.77. The molecule has 0 spiro atoms. The number of amides is 1. The summed E-state index contributed by atoms with van der Waals surface area (Å²) in [7, 11) is 1.56. The number of hydrogen-bond acceptors (Lipinski definition) is 2. The van der Waals surface area contributed by atoms with Crippen LogP contribution in [-0.2, 0) is 19.6 Å². The van der Waals surface area contributed by atoms with E-state index in [0.29, 0.717) is 0 Å². The van der Waals surface area contributed by atoms with Crippen molar-refractivity contribution in [3.8, 4) is 0 Å². The minimum absolute atomic E-state index is 0.0340. The second kappa shape index (κ2) is 6.90. The van der Waals surface area contributed by atoms with E-state index in [2.05, 4.69) is 5.32 Å². The first-order valence-electron chi connectivity index (χ1n) is 7.31. The number of aryl methyl sites for hydroxylation is 1. The molecule has 1 aromatic heterocycles. The fourth-order valence-corrected chi connectivity index (χ4v) is 2.35. The molecule has 7 heteroatoms. The predicted molar refractivity (Wildman–Crippen MR) is 83.8 cm³/mol. The van der Waals surface area contributed by atoms with Crippen molar-refractivity contribution in [1.82, 2.24) is 9.88 Å². The van der Waals surface area contributed by atoms with E-state index >= 15 is 0 Å². The van der Waals surface area contributed by atoms with Crippen molar-refractivity contribution < 1.29 is 18.0 Å². The fraction of sp³-hybridized carbons (Fsp3) is 0.294. The molecule has 0 aliphatic heterocycles. The summed E-state index contributed by atoms with van der Waals surface area (Å²) in [6.07, 6.45) is -2.95. The van der Waals surface area contributed by atoms with Gasteiger partial charge in [0.1, 0.15) is 0 Å². The number of nitrogens with zero attached hydrogens (tertiary/aromatic N) is 1. The van der Waals surface area contributed by atoms with Crippen LogP contribution >= 0.6 is 0 Å². The van der Waals surface area contributed by atoms with Gasteiger partial charge in [0.05, 0.1) is 5.56 Å². The number of alkyl halides is 3. The van der Waals surface area contributed by atoms with Crippen molar-refractivity contribution in [2.75, 3.05) is 0 Å². The third-order valence-electron chi connectivity index (χ3n) is 3.59. The number of benzene rings is 1. The summed E-state index contributed by atoms with van der Waals surface area (Å²) >= 11 is 0. The van der Waals surface area contributed by atoms with Crippen LogP contribution in [0.4, 0.5) is 13.2 Å². The summed E-state index contributed by atoms with van der Waals surface area (Å²) in [6, 6.07) is 7.41. The normalized spacial score (nSPS) is 12.7. The Morgan fingerprint density at radius 1 is 1.25 bits per heavy atom.